The van der Waals surface area contributed by atoms with Crippen molar-refractivity contribution < 1.29 is 19.2 Å². The first-order valence-electron chi connectivity index (χ1n) is 9.85. The third kappa shape index (κ3) is 5.36. The normalized spacial score (nSPS) is 17.9. The van der Waals surface area contributed by atoms with E-state index in [1.807, 2.05) is 36.9 Å². The summed E-state index contributed by atoms with van der Waals surface area (Å²) in [4.78, 5) is 52.8. The van der Waals surface area contributed by atoms with Gasteiger partial charge < -0.3 is 5.32 Å². The van der Waals surface area contributed by atoms with Crippen LogP contribution in [-0.2, 0) is 20.9 Å². The molecular weight excluding hydrogens is 392 g/mol. The second kappa shape index (κ2) is 9.89. The van der Waals surface area contributed by atoms with Gasteiger partial charge in [0.05, 0.1) is 0 Å². The van der Waals surface area contributed by atoms with Gasteiger partial charge in [0.15, 0.2) is 0 Å². The molecule has 2 heterocycles. The average molecular weight is 419 g/mol. The molecule has 0 radical (unpaired) electrons. The Kier molecular flexibility index (Phi) is 7.27. The number of unbranched alkanes of at least 4 members (excludes halogenated alkanes) is 1. The highest BCUT2D eigenvalue weighted by atomic mass is 32.2. The molecule has 1 aromatic rings. The minimum Gasteiger partial charge on any atom is -0.325 e. The minimum absolute atomic E-state index is 0.190. The molecule has 2 saturated heterocycles. The van der Waals surface area contributed by atoms with Crippen LogP contribution in [0.1, 0.15) is 25.3 Å². The van der Waals surface area contributed by atoms with Gasteiger partial charge in [-0.25, -0.2) is 9.69 Å². The zero-order valence-corrected chi connectivity index (χ0v) is 17.4. The van der Waals surface area contributed by atoms with Crippen LogP contribution in [0.15, 0.2) is 24.3 Å². The van der Waals surface area contributed by atoms with Crippen molar-refractivity contribution in [2.45, 2.75) is 26.3 Å². The Bertz CT molecular complexity index is 794. The third-order valence-corrected chi connectivity index (χ3v) is 5.84. The van der Waals surface area contributed by atoms with Crippen LogP contribution in [0.2, 0.25) is 0 Å². The van der Waals surface area contributed by atoms with Crippen LogP contribution in [0.5, 0.6) is 0 Å². The van der Waals surface area contributed by atoms with Gasteiger partial charge in [0, 0.05) is 43.4 Å². The summed E-state index contributed by atoms with van der Waals surface area (Å²) >= 11 is 1.95. The number of carbonyl (C=O) groups is 4. The van der Waals surface area contributed by atoms with E-state index in [-0.39, 0.29) is 6.54 Å². The molecule has 0 aliphatic carbocycles. The maximum Gasteiger partial charge on any atom is 0.334 e. The SMILES string of the molecule is CCCCN1C(=O)C(=O)N(CC(=O)Nc2cccc(CN3CCSCC3)c2)C1=O. The molecule has 3 rings (SSSR count). The van der Waals surface area contributed by atoms with E-state index in [2.05, 4.69) is 10.2 Å². The van der Waals surface area contributed by atoms with Crippen molar-refractivity contribution in [1.82, 2.24) is 14.7 Å². The molecule has 0 spiro atoms. The predicted molar refractivity (Wildman–Crippen MR) is 111 cm³/mol. The second-order valence-corrected chi connectivity index (χ2v) is 8.35. The van der Waals surface area contributed by atoms with Gasteiger partial charge in [-0.2, -0.15) is 11.8 Å². The maximum atomic E-state index is 12.4. The molecule has 0 unspecified atom stereocenters. The highest BCUT2D eigenvalue weighted by molar-refractivity contribution is 7.99. The summed E-state index contributed by atoms with van der Waals surface area (Å²) in [5, 5.41) is 2.72. The molecule has 9 heteroatoms. The number of nitrogens with zero attached hydrogens (tertiary/aromatic N) is 3. The predicted octanol–water partition coefficient (Wildman–Crippen LogP) is 1.76. The van der Waals surface area contributed by atoms with E-state index in [0.29, 0.717) is 17.0 Å². The standard InChI is InChI=1S/C20H26N4O4S/c1-2-3-7-23-18(26)19(27)24(20(23)28)14-17(25)21-16-6-4-5-15(12-16)13-22-8-10-29-11-9-22/h4-6,12H,2-3,7-11,13-14H2,1H3,(H,21,25). The molecule has 0 saturated carbocycles. The minimum atomic E-state index is -0.946. The summed E-state index contributed by atoms with van der Waals surface area (Å²) in [6.45, 7) is 4.55. The summed E-state index contributed by atoms with van der Waals surface area (Å²) in [7, 11) is 0. The molecule has 156 valence electrons. The summed E-state index contributed by atoms with van der Waals surface area (Å²) in [5.41, 5.74) is 1.69. The number of imide groups is 2. The van der Waals surface area contributed by atoms with E-state index in [9.17, 15) is 19.2 Å². The van der Waals surface area contributed by atoms with E-state index < -0.39 is 30.3 Å². The zero-order valence-electron chi connectivity index (χ0n) is 16.6. The Morgan fingerprint density at radius 3 is 2.55 bits per heavy atom. The maximum absolute atomic E-state index is 12.4. The van der Waals surface area contributed by atoms with Crippen LogP contribution < -0.4 is 5.32 Å². The fraction of sp³-hybridized carbons (Fsp3) is 0.500. The summed E-state index contributed by atoms with van der Waals surface area (Å²) in [6.07, 6.45) is 1.41. The smallest absolute Gasteiger partial charge is 0.325 e. The van der Waals surface area contributed by atoms with Crippen molar-refractivity contribution in [3.63, 3.8) is 0 Å². The lowest BCUT2D eigenvalue weighted by Gasteiger charge is -2.26. The van der Waals surface area contributed by atoms with Crippen LogP contribution >= 0.6 is 11.8 Å². The fourth-order valence-electron chi connectivity index (χ4n) is 3.31. The number of hydrogen-bond donors (Lipinski definition) is 1. The first-order valence-corrected chi connectivity index (χ1v) is 11.0. The lowest BCUT2D eigenvalue weighted by Crippen LogP contribution is -2.39. The van der Waals surface area contributed by atoms with Gasteiger partial charge in [-0.3, -0.25) is 24.2 Å². The first kappa shape index (κ1) is 21.3. The Hall–Kier alpha value is -2.39. The number of anilines is 1. The number of nitrogens with one attached hydrogen (secondary N) is 1. The van der Waals surface area contributed by atoms with Gasteiger partial charge >= 0.3 is 17.8 Å². The van der Waals surface area contributed by atoms with Crippen molar-refractivity contribution in [2.75, 3.05) is 43.0 Å². The molecule has 0 aromatic heterocycles. The van der Waals surface area contributed by atoms with E-state index in [0.717, 1.165) is 48.0 Å². The van der Waals surface area contributed by atoms with E-state index in [4.69, 9.17) is 0 Å². The highest BCUT2D eigenvalue weighted by Gasteiger charge is 2.44. The van der Waals surface area contributed by atoms with Gasteiger partial charge in [0.25, 0.3) is 0 Å². The van der Waals surface area contributed by atoms with Crippen molar-refractivity contribution in [2.24, 2.45) is 0 Å². The second-order valence-electron chi connectivity index (χ2n) is 7.12. The molecule has 29 heavy (non-hydrogen) atoms. The van der Waals surface area contributed by atoms with Gasteiger partial charge in [0.1, 0.15) is 6.54 Å². The number of rotatable bonds is 8. The van der Waals surface area contributed by atoms with Crippen LogP contribution in [0, 0.1) is 0 Å². The van der Waals surface area contributed by atoms with Crippen LogP contribution in [-0.4, -0.2) is 76.1 Å². The topological polar surface area (TPSA) is 90.0 Å². The monoisotopic (exact) mass is 418 g/mol. The van der Waals surface area contributed by atoms with Crippen molar-refractivity contribution >= 4 is 41.2 Å². The molecule has 0 atom stereocenters. The van der Waals surface area contributed by atoms with Gasteiger partial charge in [-0.15, -0.1) is 0 Å². The van der Waals surface area contributed by atoms with Crippen LogP contribution in [0.3, 0.4) is 0 Å². The highest BCUT2D eigenvalue weighted by Crippen LogP contribution is 2.17. The number of benzene rings is 1. The Morgan fingerprint density at radius 1 is 1.10 bits per heavy atom. The zero-order chi connectivity index (χ0) is 20.8. The van der Waals surface area contributed by atoms with E-state index in [1.165, 1.54) is 0 Å². The lowest BCUT2D eigenvalue weighted by molar-refractivity contribution is -0.143. The summed E-state index contributed by atoms with van der Waals surface area (Å²) in [6, 6.07) is 6.81. The third-order valence-electron chi connectivity index (χ3n) is 4.89. The number of amides is 5. The van der Waals surface area contributed by atoms with E-state index >= 15 is 0 Å². The molecular formula is C20H26N4O4S. The van der Waals surface area contributed by atoms with Crippen LogP contribution in [0.25, 0.3) is 0 Å². The van der Waals surface area contributed by atoms with Crippen LogP contribution in [0.4, 0.5) is 10.5 Å². The van der Waals surface area contributed by atoms with E-state index in [1.54, 1.807) is 6.07 Å². The molecule has 0 bridgehead atoms. The number of hydrogen-bond acceptors (Lipinski definition) is 6. The Labute approximate surface area is 174 Å². The lowest BCUT2D eigenvalue weighted by atomic mass is 10.2. The molecule has 5 amide bonds. The number of urea groups is 1. The van der Waals surface area contributed by atoms with Crippen molar-refractivity contribution in [3.8, 4) is 0 Å². The first-order chi connectivity index (χ1) is 14.0. The van der Waals surface area contributed by atoms with Gasteiger partial charge in [0.2, 0.25) is 5.91 Å². The molecule has 2 aliphatic heterocycles. The number of carbonyl (C=O) groups excluding carboxylic acids is 4. The number of thioether (sulfide) groups is 1. The average Bonchev–Trinajstić information content (AvgIpc) is 2.91. The summed E-state index contributed by atoms with van der Waals surface area (Å²) < 4.78 is 0. The molecule has 2 fully saturated rings. The molecule has 8 nitrogen and oxygen atoms in total. The fourth-order valence-corrected chi connectivity index (χ4v) is 4.29. The largest absolute Gasteiger partial charge is 0.334 e. The molecule has 2 aliphatic rings. The van der Waals surface area contributed by atoms with Crippen molar-refractivity contribution in [3.05, 3.63) is 29.8 Å². The Balaban J connectivity index is 1.57. The van der Waals surface area contributed by atoms with Gasteiger partial charge in [-0.05, 0) is 24.1 Å². The van der Waals surface area contributed by atoms with Crippen molar-refractivity contribution in [1.29, 1.82) is 0 Å². The quantitative estimate of drug-likeness (QED) is 0.511. The summed E-state index contributed by atoms with van der Waals surface area (Å²) in [5.74, 6) is -0.0655. The Morgan fingerprint density at radius 2 is 1.83 bits per heavy atom. The molecule has 1 N–H and O–H groups in total. The van der Waals surface area contributed by atoms with Gasteiger partial charge in [-0.1, -0.05) is 25.5 Å². The molecule has 1 aromatic carbocycles.